The standard InChI is InChI=1S/C25H24O5/c26-23(29-18-21-12-6-2-7-13-21)17-25(28,16-20-10-4-1-5-11-20)24(27)30-19-22-14-8-3-9-15-22/h1-15,28H,16-19H2/t25-/m1/s1. The fourth-order valence-corrected chi connectivity index (χ4v) is 3.03. The van der Waals surface area contributed by atoms with Crippen LogP contribution in [0.25, 0.3) is 0 Å². The molecule has 3 aromatic carbocycles. The van der Waals surface area contributed by atoms with Gasteiger partial charge in [0.15, 0.2) is 5.60 Å². The quantitative estimate of drug-likeness (QED) is 0.549. The summed E-state index contributed by atoms with van der Waals surface area (Å²) < 4.78 is 10.6. The van der Waals surface area contributed by atoms with Crippen molar-refractivity contribution in [2.75, 3.05) is 0 Å². The van der Waals surface area contributed by atoms with Gasteiger partial charge in [-0.1, -0.05) is 91.0 Å². The first kappa shape index (κ1) is 21.3. The molecule has 0 aliphatic rings. The van der Waals surface area contributed by atoms with Gasteiger partial charge in [-0.25, -0.2) is 4.79 Å². The molecular weight excluding hydrogens is 380 g/mol. The Kier molecular flexibility index (Phi) is 7.35. The highest BCUT2D eigenvalue weighted by atomic mass is 16.6. The first-order chi connectivity index (χ1) is 14.5. The van der Waals surface area contributed by atoms with Crippen LogP contribution >= 0.6 is 0 Å². The van der Waals surface area contributed by atoms with E-state index in [1.807, 2.05) is 66.7 Å². The van der Waals surface area contributed by atoms with E-state index in [1.54, 1.807) is 24.3 Å². The zero-order valence-corrected chi connectivity index (χ0v) is 16.6. The number of carbonyl (C=O) groups excluding carboxylic acids is 2. The third kappa shape index (κ3) is 6.29. The van der Waals surface area contributed by atoms with Crippen molar-refractivity contribution < 1.29 is 24.2 Å². The Hall–Kier alpha value is -3.44. The lowest BCUT2D eigenvalue weighted by Gasteiger charge is -2.25. The van der Waals surface area contributed by atoms with E-state index in [1.165, 1.54) is 0 Å². The zero-order chi connectivity index (χ0) is 21.2. The van der Waals surface area contributed by atoms with Crippen LogP contribution in [-0.2, 0) is 38.7 Å². The Morgan fingerprint density at radius 2 is 1.10 bits per heavy atom. The lowest BCUT2D eigenvalue weighted by molar-refractivity contribution is -0.174. The minimum Gasteiger partial charge on any atom is -0.461 e. The number of esters is 2. The van der Waals surface area contributed by atoms with Crippen LogP contribution in [0.3, 0.4) is 0 Å². The molecule has 0 heterocycles. The van der Waals surface area contributed by atoms with Crippen molar-refractivity contribution >= 4 is 11.9 Å². The minimum absolute atomic E-state index is 0.00976. The number of carbonyl (C=O) groups is 2. The Balaban J connectivity index is 1.68. The fraction of sp³-hybridized carbons (Fsp3) is 0.200. The molecule has 0 bridgehead atoms. The van der Waals surface area contributed by atoms with Crippen LogP contribution in [-0.4, -0.2) is 22.6 Å². The van der Waals surface area contributed by atoms with Gasteiger partial charge in [0.2, 0.25) is 0 Å². The molecule has 0 aliphatic heterocycles. The first-order valence-corrected chi connectivity index (χ1v) is 9.72. The number of hydrogen-bond acceptors (Lipinski definition) is 5. The van der Waals surface area contributed by atoms with Gasteiger partial charge in [0.1, 0.15) is 13.2 Å². The van der Waals surface area contributed by atoms with Crippen LogP contribution in [0.2, 0.25) is 0 Å². The van der Waals surface area contributed by atoms with Crippen LogP contribution in [0.4, 0.5) is 0 Å². The van der Waals surface area contributed by atoms with Crippen molar-refractivity contribution in [3.8, 4) is 0 Å². The SMILES string of the molecule is O=C(C[C@](O)(Cc1ccccc1)C(=O)OCc1ccccc1)OCc1ccccc1. The van der Waals surface area contributed by atoms with Gasteiger partial charge in [-0.15, -0.1) is 0 Å². The zero-order valence-electron chi connectivity index (χ0n) is 16.6. The molecule has 5 nitrogen and oxygen atoms in total. The van der Waals surface area contributed by atoms with Crippen molar-refractivity contribution in [1.82, 2.24) is 0 Å². The fourth-order valence-electron chi connectivity index (χ4n) is 3.03. The predicted molar refractivity (Wildman–Crippen MR) is 112 cm³/mol. The molecule has 1 N–H and O–H groups in total. The summed E-state index contributed by atoms with van der Waals surface area (Å²) in [6, 6.07) is 27.4. The van der Waals surface area contributed by atoms with E-state index in [0.29, 0.717) is 5.56 Å². The molecule has 5 heteroatoms. The van der Waals surface area contributed by atoms with Crippen molar-refractivity contribution in [2.45, 2.75) is 31.7 Å². The van der Waals surface area contributed by atoms with Gasteiger partial charge in [0.25, 0.3) is 0 Å². The van der Waals surface area contributed by atoms with Crippen LogP contribution in [0.15, 0.2) is 91.0 Å². The average Bonchev–Trinajstić information content (AvgIpc) is 2.78. The van der Waals surface area contributed by atoms with E-state index in [-0.39, 0.29) is 19.6 Å². The van der Waals surface area contributed by atoms with Gasteiger partial charge >= 0.3 is 11.9 Å². The van der Waals surface area contributed by atoms with E-state index in [4.69, 9.17) is 9.47 Å². The second-order valence-electron chi connectivity index (χ2n) is 7.08. The summed E-state index contributed by atoms with van der Waals surface area (Å²) in [4.78, 5) is 25.2. The van der Waals surface area contributed by atoms with Crippen molar-refractivity contribution in [3.05, 3.63) is 108 Å². The molecule has 3 rings (SSSR count). The molecular formula is C25H24O5. The Bertz CT molecular complexity index is 941. The largest absolute Gasteiger partial charge is 0.461 e. The van der Waals surface area contributed by atoms with Crippen molar-refractivity contribution in [2.24, 2.45) is 0 Å². The molecule has 0 aromatic heterocycles. The molecule has 0 aliphatic carbocycles. The molecule has 3 aromatic rings. The van der Waals surface area contributed by atoms with Gasteiger partial charge in [0.05, 0.1) is 6.42 Å². The van der Waals surface area contributed by atoms with Crippen LogP contribution in [0.1, 0.15) is 23.1 Å². The highest BCUT2D eigenvalue weighted by molar-refractivity contribution is 5.86. The summed E-state index contributed by atoms with van der Waals surface area (Å²) in [7, 11) is 0. The summed E-state index contributed by atoms with van der Waals surface area (Å²) in [6.07, 6.45) is -0.551. The van der Waals surface area contributed by atoms with E-state index in [9.17, 15) is 14.7 Å². The van der Waals surface area contributed by atoms with Gasteiger partial charge in [-0.2, -0.15) is 0 Å². The second-order valence-corrected chi connectivity index (χ2v) is 7.08. The third-order valence-electron chi connectivity index (χ3n) is 4.61. The molecule has 0 saturated heterocycles. The highest BCUT2D eigenvalue weighted by Crippen LogP contribution is 2.22. The number of aliphatic hydroxyl groups is 1. The molecule has 0 fully saturated rings. The number of rotatable bonds is 9. The summed E-state index contributed by atoms with van der Waals surface area (Å²) in [6.45, 7) is 0.0794. The lowest BCUT2D eigenvalue weighted by Crippen LogP contribution is -2.44. The average molecular weight is 404 g/mol. The van der Waals surface area contributed by atoms with Gasteiger partial charge in [-0.05, 0) is 16.7 Å². The Morgan fingerprint density at radius 3 is 1.60 bits per heavy atom. The van der Waals surface area contributed by atoms with Gasteiger partial charge in [0, 0.05) is 6.42 Å². The van der Waals surface area contributed by atoms with Crippen molar-refractivity contribution in [3.63, 3.8) is 0 Å². The smallest absolute Gasteiger partial charge is 0.339 e. The molecule has 1 atom stereocenters. The number of benzene rings is 3. The number of hydrogen-bond donors (Lipinski definition) is 1. The Morgan fingerprint density at radius 1 is 0.667 bits per heavy atom. The number of ether oxygens (including phenoxy) is 2. The summed E-state index contributed by atoms with van der Waals surface area (Å²) in [5.41, 5.74) is 0.306. The summed E-state index contributed by atoms with van der Waals surface area (Å²) in [5.74, 6) is -1.53. The minimum atomic E-state index is -2.02. The molecule has 0 radical (unpaired) electrons. The predicted octanol–water partition coefficient (Wildman–Crippen LogP) is 3.84. The van der Waals surface area contributed by atoms with E-state index in [2.05, 4.69) is 0 Å². The Labute approximate surface area is 175 Å². The summed E-state index contributed by atoms with van der Waals surface area (Å²) >= 11 is 0. The first-order valence-electron chi connectivity index (χ1n) is 9.72. The maximum atomic E-state index is 12.8. The second kappa shape index (κ2) is 10.4. The third-order valence-corrected chi connectivity index (χ3v) is 4.61. The molecule has 30 heavy (non-hydrogen) atoms. The molecule has 0 saturated carbocycles. The highest BCUT2D eigenvalue weighted by Gasteiger charge is 2.41. The van der Waals surface area contributed by atoms with E-state index < -0.39 is 24.0 Å². The van der Waals surface area contributed by atoms with Crippen LogP contribution in [0, 0.1) is 0 Å². The normalized spacial score (nSPS) is 12.6. The molecule has 154 valence electrons. The van der Waals surface area contributed by atoms with Gasteiger partial charge in [-0.3, -0.25) is 4.79 Å². The molecule has 0 amide bonds. The van der Waals surface area contributed by atoms with Crippen LogP contribution < -0.4 is 0 Å². The van der Waals surface area contributed by atoms with E-state index in [0.717, 1.165) is 11.1 Å². The maximum absolute atomic E-state index is 12.8. The molecule has 0 spiro atoms. The van der Waals surface area contributed by atoms with Gasteiger partial charge < -0.3 is 14.6 Å². The lowest BCUT2D eigenvalue weighted by atomic mass is 9.91. The van der Waals surface area contributed by atoms with Crippen LogP contribution in [0.5, 0.6) is 0 Å². The molecule has 0 unspecified atom stereocenters. The maximum Gasteiger partial charge on any atom is 0.339 e. The topological polar surface area (TPSA) is 72.8 Å². The monoisotopic (exact) mass is 404 g/mol. The van der Waals surface area contributed by atoms with E-state index >= 15 is 0 Å². The van der Waals surface area contributed by atoms with Crippen molar-refractivity contribution in [1.29, 1.82) is 0 Å². The summed E-state index contributed by atoms with van der Waals surface area (Å²) in [5, 5.41) is 11.1.